The van der Waals surface area contributed by atoms with Crippen molar-refractivity contribution in [3.8, 4) is 0 Å². The molecule has 0 spiro atoms. The molecule has 2 aliphatic rings. The van der Waals surface area contributed by atoms with Gasteiger partial charge in [0.25, 0.3) is 0 Å². The average Bonchev–Trinajstić information content (AvgIpc) is 2.69. The zero-order chi connectivity index (χ0) is 20.5. The normalized spacial score (nSPS) is 19.2. The summed E-state index contributed by atoms with van der Waals surface area (Å²) in [6, 6.07) is 0.916. The van der Waals surface area contributed by atoms with Crippen molar-refractivity contribution in [1.29, 1.82) is 0 Å². The van der Waals surface area contributed by atoms with Crippen LogP contribution in [-0.2, 0) is 0 Å². The molecule has 0 atom stereocenters. The molecule has 0 aliphatic heterocycles. The summed E-state index contributed by atoms with van der Waals surface area (Å²) in [7, 11) is 3.42. The van der Waals surface area contributed by atoms with Crippen molar-refractivity contribution in [3.63, 3.8) is 0 Å². The molecule has 162 valence electrons. The van der Waals surface area contributed by atoms with Crippen LogP contribution < -0.4 is 0 Å². The van der Waals surface area contributed by atoms with Crippen molar-refractivity contribution >= 4 is 54.7 Å². The summed E-state index contributed by atoms with van der Waals surface area (Å²) in [6.07, 6.45) is 13.8. The van der Waals surface area contributed by atoms with Crippen molar-refractivity contribution in [1.82, 2.24) is 9.80 Å². The summed E-state index contributed by atoms with van der Waals surface area (Å²) >= 11 is 11.7. The maximum Gasteiger partial charge on any atom is 0.147 e. The molecule has 0 aromatic rings. The van der Waals surface area contributed by atoms with Crippen LogP contribution in [0.5, 0.6) is 0 Å². The Hall–Kier alpha value is 0.480. The Morgan fingerprint density at radius 3 is 1.29 bits per heavy atom. The average molecular weight is 461 g/mol. The van der Waals surface area contributed by atoms with Crippen molar-refractivity contribution < 1.29 is 0 Å². The maximum absolute atomic E-state index is 5.84. The summed E-state index contributed by atoms with van der Waals surface area (Å²) in [5.41, 5.74) is 0. The lowest BCUT2D eigenvalue weighted by Gasteiger charge is -2.35. The van der Waals surface area contributed by atoms with Crippen molar-refractivity contribution in [2.45, 2.75) is 104 Å². The monoisotopic (exact) mass is 460 g/mol. The number of hydrogen-bond acceptors (Lipinski definition) is 4. The van der Waals surface area contributed by atoms with E-state index in [4.69, 9.17) is 24.4 Å². The second-order valence-corrected chi connectivity index (χ2v) is 12.6. The fourth-order valence-electron chi connectivity index (χ4n) is 4.46. The van der Waals surface area contributed by atoms with Gasteiger partial charge in [0.15, 0.2) is 0 Å². The SMILES string of the molecule is CC(C)N(CC1CCCCC1)C(=S)SSC(=S)N(CC1CCCCC1)C(C)C. The lowest BCUT2D eigenvalue weighted by molar-refractivity contribution is 0.251. The second-order valence-electron chi connectivity index (χ2n) is 9.20. The standard InChI is InChI=1S/C22H40N2S4/c1-17(2)23(15-19-11-7-5-8-12-19)21(25)27-28-22(26)24(18(3)4)16-20-13-9-6-10-14-20/h17-20H,5-16H2,1-4H3. The van der Waals surface area contributed by atoms with Gasteiger partial charge in [0, 0.05) is 25.2 Å². The van der Waals surface area contributed by atoms with Crippen LogP contribution >= 0.6 is 46.0 Å². The van der Waals surface area contributed by atoms with E-state index in [1.165, 1.54) is 64.2 Å². The molecule has 0 heterocycles. The molecule has 6 heteroatoms. The molecule has 0 saturated heterocycles. The van der Waals surface area contributed by atoms with E-state index in [0.29, 0.717) is 12.1 Å². The lowest BCUT2D eigenvalue weighted by atomic mass is 9.89. The first-order chi connectivity index (χ1) is 13.4. The van der Waals surface area contributed by atoms with Crippen molar-refractivity contribution in [2.75, 3.05) is 13.1 Å². The van der Waals surface area contributed by atoms with Crippen molar-refractivity contribution in [3.05, 3.63) is 0 Å². The van der Waals surface area contributed by atoms with Gasteiger partial charge in [-0.25, -0.2) is 0 Å². The van der Waals surface area contributed by atoms with Gasteiger partial charge in [-0.1, -0.05) is 63.0 Å². The highest BCUT2D eigenvalue weighted by Crippen LogP contribution is 2.33. The van der Waals surface area contributed by atoms with E-state index >= 15 is 0 Å². The second kappa shape index (κ2) is 13.0. The third kappa shape index (κ3) is 8.31. The smallest absolute Gasteiger partial charge is 0.147 e. The third-order valence-corrected chi connectivity index (χ3v) is 9.90. The van der Waals surface area contributed by atoms with Gasteiger partial charge < -0.3 is 9.80 Å². The van der Waals surface area contributed by atoms with Crippen LogP contribution in [0.15, 0.2) is 0 Å². The molecule has 0 unspecified atom stereocenters. The van der Waals surface area contributed by atoms with E-state index in [9.17, 15) is 0 Å². The topological polar surface area (TPSA) is 6.48 Å². The minimum atomic E-state index is 0.458. The van der Waals surface area contributed by atoms with Gasteiger partial charge in [-0.05, 0) is 86.8 Å². The van der Waals surface area contributed by atoms with Gasteiger partial charge in [0.1, 0.15) is 8.64 Å². The minimum absolute atomic E-state index is 0.458. The molecule has 0 N–H and O–H groups in total. The quantitative estimate of drug-likeness (QED) is 0.296. The minimum Gasteiger partial charge on any atom is -0.354 e. The molecule has 0 aromatic carbocycles. The van der Waals surface area contributed by atoms with Crippen LogP contribution in [0, 0.1) is 11.8 Å². The fourth-order valence-corrected chi connectivity index (χ4v) is 7.55. The largest absolute Gasteiger partial charge is 0.354 e. The van der Waals surface area contributed by atoms with Gasteiger partial charge in [-0.15, -0.1) is 0 Å². The number of thiocarbonyl (C=S) groups is 2. The van der Waals surface area contributed by atoms with Gasteiger partial charge in [0.2, 0.25) is 0 Å². The van der Waals surface area contributed by atoms with Crippen LogP contribution in [0.2, 0.25) is 0 Å². The first-order valence-electron chi connectivity index (χ1n) is 11.3. The van der Waals surface area contributed by atoms with Crippen molar-refractivity contribution in [2.24, 2.45) is 11.8 Å². The first-order valence-corrected chi connectivity index (χ1v) is 14.3. The molecule has 0 radical (unpaired) electrons. The number of hydrogen-bond donors (Lipinski definition) is 0. The van der Waals surface area contributed by atoms with E-state index in [1.54, 1.807) is 21.6 Å². The Bertz CT molecular complexity index is 439. The number of nitrogens with zero attached hydrogens (tertiary/aromatic N) is 2. The zero-order valence-corrected chi connectivity index (χ0v) is 21.6. The highest BCUT2D eigenvalue weighted by Gasteiger charge is 2.24. The van der Waals surface area contributed by atoms with E-state index in [-0.39, 0.29) is 0 Å². The molecule has 0 bridgehead atoms. The summed E-state index contributed by atoms with van der Waals surface area (Å²) in [4.78, 5) is 4.87. The van der Waals surface area contributed by atoms with Crippen LogP contribution in [0.3, 0.4) is 0 Å². The molecule has 2 rings (SSSR count). The lowest BCUT2D eigenvalue weighted by Crippen LogP contribution is -2.39. The Kier molecular flexibility index (Phi) is 11.5. The first kappa shape index (κ1) is 24.7. The van der Waals surface area contributed by atoms with Gasteiger partial charge >= 0.3 is 0 Å². The maximum atomic E-state index is 5.84. The summed E-state index contributed by atoms with van der Waals surface area (Å²) < 4.78 is 2.02. The van der Waals surface area contributed by atoms with Crippen LogP contribution in [-0.4, -0.2) is 43.6 Å². The molecular weight excluding hydrogens is 421 g/mol. The fraction of sp³-hybridized carbons (Fsp3) is 0.909. The van der Waals surface area contributed by atoms with E-state index in [0.717, 1.165) is 33.6 Å². The molecule has 2 aliphatic carbocycles. The Morgan fingerprint density at radius 1 is 0.679 bits per heavy atom. The summed E-state index contributed by atoms with van der Waals surface area (Å²) in [5.74, 6) is 1.62. The van der Waals surface area contributed by atoms with Crippen LogP contribution in [0.4, 0.5) is 0 Å². The molecule has 0 amide bonds. The third-order valence-electron chi connectivity index (χ3n) is 6.26. The van der Waals surface area contributed by atoms with Gasteiger partial charge in [-0.3, -0.25) is 0 Å². The predicted octanol–water partition coefficient (Wildman–Crippen LogP) is 7.52. The molecule has 2 nitrogen and oxygen atoms in total. The Balaban J connectivity index is 1.85. The van der Waals surface area contributed by atoms with E-state index in [2.05, 4.69) is 37.5 Å². The predicted molar refractivity (Wildman–Crippen MR) is 137 cm³/mol. The molecule has 0 aromatic heterocycles. The number of rotatable bonds is 6. The summed E-state index contributed by atoms with van der Waals surface area (Å²) in [5, 5.41) is 0. The molecule has 2 saturated carbocycles. The Morgan fingerprint density at radius 2 is 1.00 bits per heavy atom. The highest BCUT2D eigenvalue weighted by molar-refractivity contribution is 8.89. The Labute approximate surface area is 192 Å². The van der Waals surface area contributed by atoms with Crippen LogP contribution in [0.1, 0.15) is 91.9 Å². The molecule has 2 fully saturated rings. The van der Waals surface area contributed by atoms with Crippen LogP contribution in [0.25, 0.3) is 0 Å². The summed E-state index contributed by atoms with van der Waals surface area (Å²) in [6.45, 7) is 11.3. The zero-order valence-electron chi connectivity index (χ0n) is 18.3. The highest BCUT2D eigenvalue weighted by atomic mass is 33.1. The molecule has 28 heavy (non-hydrogen) atoms. The van der Waals surface area contributed by atoms with Gasteiger partial charge in [-0.2, -0.15) is 0 Å². The van der Waals surface area contributed by atoms with Gasteiger partial charge in [0.05, 0.1) is 0 Å². The van der Waals surface area contributed by atoms with E-state index in [1.807, 2.05) is 0 Å². The van der Waals surface area contributed by atoms with E-state index < -0.39 is 0 Å². The molecular formula is C22H40N2S4.